The summed E-state index contributed by atoms with van der Waals surface area (Å²) in [6.07, 6.45) is -4.79. The monoisotopic (exact) mass is 238 g/mol. The van der Waals surface area contributed by atoms with Crippen LogP contribution < -0.4 is 5.32 Å². The van der Waals surface area contributed by atoms with Crippen LogP contribution in [0.4, 0.5) is 13.2 Å². The highest BCUT2D eigenvalue weighted by atomic mass is 19.4. The van der Waals surface area contributed by atoms with Crippen LogP contribution in [-0.4, -0.2) is 41.8 Å². The number of halogens is 3. The fourth-order valence-corrected chi connectivity index (χ4v) is 1.96. The Morgan fingerprint density at radius 2 is 1.75 bits per heavy atom. The van der Waals surface area contributed by atoms with Gasteiger partial charge in [0.1, 0.15) is 0 Å². The summed E-state index contributed by atoms with van der Waals surface area (Å²) in [5.74, 6) is 0. The Hall–Kier alpha value is -0.290. The summed E-state index contributed by atoms with van der Waals surface area (Å²) in [6.45, 7) is 9.44. The Balaban J connectivity index is 2.60. The summed E-state index contributed by atoms with van der Waals surface area (Å²) in [6, 6.07) is 0. The fraction of sp³-hybridized carbons (Fsp3) is 1.00. The molecule has 0 atom stereocenters. The highest BCUT2D eigenvalue weighted by molar-refractivity contribution is 4.97. The van der Waals surface area contributed by atoms with Crippen molar-refractivity contribution in [3.8, 4) is 0 Å². The summed E-state index contributed by atoms with van der Waals surface area (Å²) in [7, 11) is 0. The lowest BCUT2D eigenvalue weighted by Gasteiger charge is -2.49. The molecule has 1 saturated heterocycles. The zero-order valence-electron chi connectivity index (χ0n) is 10.4. The molecule has 1 rings (SSSR count). The van der Waals surface area contributed by atoms with Crippen molar-refractivity contribution in [3.05, 3.63) is 0 Å². The number of alkyl halides is 3. The van der Waals surface area contributed by atoms with Crippen LogP contribution in [0.5, 0.6) is 0 Å². The average Bonchev–Trinajstić information content (AvgIpc) is 2.06. The van der Waals surface area contributed by atoms with Gasteiger partial charge in [0.05, 0.1) is 6.42 Å². The van der Waals surface area contributed by atoms with Crippen molar-refractivity contribution >= 4 is 0 Å². The van der Waals surface area contributed by atoms with E-state index >= 15 is 0 Å². The van der Waals surface area contributed by atoms with Gasteiger partial charge in [0, 0.05) is 30.7 Å². The third-order valence-corrected chi connectivity index (χ3v) is 3.11. The minimum atomic E-state index is -4.06. The molecule has 0 unspecified atom stereocenters. The van der Waals surface area contributed by atoms with Crippen LogP contribution in [0, 0.1) is 0 Å². The molecule has 0 saturated carbocycles. The lowest BCUT2D eigenvalue weighted by Crippen LogP contribution is -2.66. The van der Waals surface area contributed by atoms with Crippen molar-refractivity contribution < 1.29 is 13.2 Å². The molecule has 96 valence electrons. The van der Waals surface area contributed by atoms with Crippen molar-refractivity contribution in [1.29, 1.82) is 0 Å². The van der Waals surface area contributed by atoms with Crippen molar-refractivity contribution in [2.75, 3.05) is 19.6 Å². The van der Waals surface area contributed by atoms with E-state index in [4.69, 9.17) is 0 Å². The second-order valence-corrected chi connectivity index (χ2v) is 5.84. The fourth-order valence-electron chi connectivity index (χ4n) is 1.96. The van der Waals surface area contributed by atoms with E-state index in [1.165, 1.54) is 0 Å². The van der Waals surface area contributed by atoms with Crippen molar-refractivity contribution in [2.45, 2.75) is 51.4 Å². The second-order valence-electron chi connectivity index (χ2n) is 5.84. The molecule has 5 heteroatoms. The maximum absolute atomic E-state index is 12.2. The number of hydrogen-bond acceptors (Lipinski definition) is 2. The predicted molar refractivity (Wildman–Crippen MR) is 58.4 cm³/mol. The van der Waals surface area contributed by atoms with E-state index in [9.17, 15) is 13.2 Å². The number of nitrogens with zero attached hydrogens (tertiary/aromatic N) is 1. The van der Waals surface area contributed by atoms with Gasteiger partial charge < -0.3 is 5.32 Å². The molecule has 2 nitrogen and oxygen atoms in total. The van der Waals surface area contributed by atoms with Gasteiger partial charge in [0.15, 0.2) is 0 Å². The first-order chi connectivity index (χ1) is 7.02. The highest BCUT2D eigenvalue weighted by Gasteiger charge is 2.39. The van der Waals surface area contributed by atoms with Crippen LogP contribution in [0.1, 0.15) is 34.1 Å². The van der Waals surface area contributed by atoms with Crippen LogP contribution in [0.2, 0.25) is 0 Å². The Morgan fingerprint density at radius 3 is 2.25 bits per heavy atom. The molecule has 16 heavy (non-hydrogen) atoms. The van der Waals surface area contributed by atoms with Gasteiger partial charge in [-0.2, -0.15) is 13.2 Å². The minimum Gasteiger partial charge on any atom is -0.309 e. The topological polar surface area (TPSA) is 15.3 Å². The molecule has 0 bridgehead atoms. The lowest BCUT2D eigenvalue weighted by atomic mass is 9.91. The smallest absolute Gasteiger partial charge is 0.309 e. The van der Waals surface area contributed by atoms with Gasteiger partial charge in [-0.3, -0.25) is 4.90 Å². The minimum absolute atomic E-state index is 0.0849. The average molecular weight is 238 g/mol. The molecular weight excluding hydrogens is 217 g/mol. The first kappa shape index (κ1) is 13.8. The van der Waals surface area contributed by atoms with Gasteiger partial charge in [-0.15, -0.1) is 0 Å². The van der Waals surface area contributed by atoms with Crippen molar-refractivity contribution in [2.24, 2.45) is 0 Å². The van der Waals surface area contributed by atoms with Crippen LogP contribution in [0.25, 0.3) is 0 Å². The summed E-state index contributed by atoms with van der Waals surface area (Å²) in [5, 5.41) is 3.35. The zero-order chi connectivity index (χ0) is 12.6. The number of nitrogens with one attached hydrogen (secondary N) is 1. The third kappa shape index (κ3) is 3.94. The van der Waals surface area contributed by atoms with Gasteiger partial charge in [0.2, 0.25) is 0 Å². The third-order valence-electron chi connectivity index (χ3n) is 3.11. The molecule has 0 spiro atoms. The summed E-state index contributed by atoms with van der Waals surface area (Å²) in [5.41, 5.74) is -0.318. The molecular formula is C11H21F3N2. The lowest BCUT2D eigenvalue weighted by molar-refractivity contribution is -0.142. The summed E-state index contributed by atoms with van der Waals surface area (Å²) < 4.78 is 36.6. The molecule has 1 aliphatic heterocycles. The molecule has 0 aromatic carbocycles. The molecule has 0 aromatic rings. The molecule has 1 fully saturated rings. The SMILES string of the molecule is CC1(C)CN(CCC(F)(F)F)C(C)(C)CN1. The Bertz CT molecular complexity index is 246. The molecule has 1 heterocycles. The normalized spacial score (nSPS) is 25.7. The Labute approximate surface area is 95.2 Å². The Kier molecular flexibility index (Phi) is 3.60. The van der Waals surface area contributed by atoms with Gasteiger partial charge in [-0.05, 0) is 27.7 Å². The summed E-state index contributed by atoms with van der Waals surface area (Å²) in [4.78, 5) is 1.93. The summed E-state index contributed by atoms with van der Waals surface area (Å²) >= 11 is 0. The predicted octanol–water partition coefficient (Wildman–Crippen LogP) is 2.40. The van der Waals surface area contributed by atoms with Crippen LogP contribution in [-0.2, 0) is 0 Å². The van der Waals surface area contributed by atoms with Crippen LogP contribution >= 0.6 is 0 Å². The van der Waals surface area contributed by atoms with E-state index in [0.29, 0.717) is 6.54 Å². The van der Waals surface area contributed by atoms with Crippen molar-refractivity contribution in [1.82, 2.24) is 10.2 Å². The number of hydrogen-bond donors (Lipinski definition) is 1. The molecule has 1 N–H and O–H groups in total. The van der Waals surface area contributed by atoms with Crippen molar-refractivity contribution in [3.63, 3.8) is 0 Å². The first-order valence-corrected chi connectivity index (χ1v) is 5.59. The second kappa shape index (κ2) is 4.18. The number of piperazine rings is 1. The quantitative estimate of drug-likeness (QED) is 0.794. The standard InChI is InChI=1S/C11H21F3N2/c1-9(2)8-16(6-5-11(12,13)14)10(3,4)7-15-9/h15H,5-8H2,1-4H3. The molecule has 0 aromatic heterocycles. The van der Waals surface area contributed by atoms with Gasteiger partial charge >= 0.3 is 6.18 Å². The van der Waals surface area contributed by atoms with Crippen LogP contribution in [0.3, 0.4) is 0 Å². The van der Waals surface area contributed by atoms with E-state index < -0.39 is 12.6 Å². The van der Waals surface area contributed by atoms with E-state index in [2.05, 4.69) is 5.32 Å². The van der Waals surface area contributed by atoms with Crippen LogP contribution in [0.15, 0.2) is 0 Å². The highest BCUT2D eigenvalue weighted by Crippen LogP contribution is 2.26. The van der Waals surface area contributed by atoms with Gasteiger partial charge in [-0.1, -0.05) is 0 Å². The molecule has 0 radical (unpaired) electrons. The molecule has 0 aliphatic carbocycles. The van der Waals surface area contributed by atoms with Gasteiger partial charge in [0.25, 0.3) is 0 Å². The molecule has 1 aliphatic rings. The maximum Gasteiger partial charge on any atom is 0.390 e. The van der Waals surface area contributed by atoms with E-state index in [-0.39, 0.29) is 17.6 Å². The van der Waals surface area contributed by atoms with Gasteiger partial charge in [-0.25, -0.2) is 0 Å². The van der Waals surface area contributed by atoms with E-state index in [1.54, 1.807) is 0 Å². The van der Waals surface area contributed by atoms with E-state index in [0.717, 1.165) is 6.54 Å². The Morgan fingerprint density at radius 1 is 1.19 bits per heavy atom. The maximum atomic E-state index is 12.2. The molecule has 0 amide bonds. The zero-order valence-corrected chi connectivity index (χ0v) is 10.4. The number of rotatable bonds is 2. The van der Waals surface area contributed by atoms with E-state index in [1.807, 2.05) is 32.6 Å². The largest absolute Gasteiger partial charge is 0.390 e. The first-order valence-electron chi connectivity index (χ1n) is 5.59.